The smallest absolute Gasteiger partial charge is 0.339 e. The lowest BCUT2D eigenvalue weighted by atomic mass is 10.2. The van der Waals surface area contributed by atoms with Crippen LogP contribution in [0.1, 0.15) is 89.4 Å². The maximum Gasteiger partial charge on any atom is 0.339 e. The first-order valence-corrected chi connectivity index (χ1v) is 11.8. The van der Waals surface area contributed by atoms with Crippen molar-refractivity contribution < 1.29 is 29.3 Å². The Morgan fingerprint density at radius 2 is 1.53 bits per heavy atom. The highest BCUT2D eigenvalue weighted by molar-refractivity contribution is 5.94. The highest BCUT2D eigenvalue weighted by atomic mass is 16.5. The number of allylic oxidation sites excluding steroid dienone is 2. The molecule has 1 rings (SSSR count). The molecule has 0 bridgehead atoms. The minimum atomic E-state index is -0.863. The second-order valence-corrected chi connectivity index (χ2v) is 7.21. The number of ketones is 1. The quantitative estimate of drug-likeness (QED) is 0.117. The van der Waals surface area contributed by atoms with Gasteiger partial charge in [-0.15, -0.1) is 0 Å². The second-order valence-electron chi connectivity index (χ2n) is 7.21. The molecule has 0 aromatic heterocycles. The first-order chi connectivity index (χ1) is 16.2. The Balaban J connectivity index is -0.000000384. The molecule has 0 saturated heterocycles. The number of rotatable bonds is 11. The molecule has 4 N–H and O–H groups in total. The third-order valence-corrected chi connectivity index (χ3v) is 3.94. The summed E-state index contributed by atoms with van der Waals surface area (Å²) in [4.78, 5) is 31.0. The molecule has 0 saturated carbocycles. The van der Waals surface area contributed by atoms with E-state index in [0.29, 0.717) is 17.0 Å². The number of anilines is 1. The normalized spacial score (nSPS) is 9.71. The van der Waals surface area contributed by atoms with Gasteiger partial charge >= 0.3 is 11.9 Å². The molecule has 0 fully saturated rings. The number of carboxylic acids is 1. The zero-order valence-electron chi connectivity index (χ0n) is 21.6. The Morgan fingerprint density at radius 3 is 1.97 bits per heavy atom. The van der Waals surface area contributed by atoms with Crippen LogP contribution in [0.3, 0.4) is 0 Å². The van der Waals surface area contributed by atoms with E-state index in [9.17, 15) is 14.4 Å². The van der Waals surface area contributed by atoms with Crippen LogP contribution in [0.4, 0.5) is 5.69 Å². The van der Waals surface area contributed by atoms with Crippen LogP contribution in [0.2, 0.25) is 0 Å². The van der Waals surface area contributed by atoms with Gasteiger partial charge in [-0.2, -0.15) is 0 Å². The standard InChI is InChI=1S/C8H9NO2.C7H14O.C6H10O2.C6H12O/c1-11-8(10)6-4-2-3-5-7(6)9;1-3-4-5-6-7(2)8;1-2-3-4-5-6(7)8;1-2-3-4-5-6-7/h2-5H,9H2,1H3;3-6H2,1-2H3;4-5H,2-3H2,1H3,(H,7,8);4-5,7H,2-3,6H2,1H3. The number of Topliss-reactive ketones (excluding diaryl/α,β-unsaturated/α-hetero) is 1. The number of nitrogen functional groups attached to an aromatic ring is 1. The number of nitrogens with two attached hydrogens (primary N) is 1. The van der Waals surface area contributed by atoms with Gasteiger partial charge in [-0.1, -0.05) is 76.8 Å². The summed E-state index contributed by atoms with van der Waals surface area (Å²) in [6.45, 7) is 8.09. The number of esters is 1. The summed E-state index contributed by atoms with van der Waals surface area (Å²) >= 11 is 0. The number of carbonyl (C=O) groups is 3. The Labute approximate surface area is 205 Å². The van der Waals surface area contributed by atoms with Gasteiger partial charge in [0.15, 0.2) is 0 Å². The van der Waals surface area contributed by atoms with Crippen molar-refractivity contribution in [2.75, 3.05) is 19.5 Å². The second kappa shape index (κ2) is 28.1. The van der Waals surface area contributed by atoms with E-state index in [1.54, 1.807) is 43.3 Å². The van der Waals surface area contributed by atoms with Gasteiger partial charge in [0.1, 0.15) is 5.78 Å². The highest BCUT2D eigenvalue weighted by Gasteiger charge is 2.06. The summed E-state index contributed by atoms with van der Waals surface area (Å²) in [6.07, 6.45) is 14.9. The molecule has 0 aliphatic heterocycles. The van der Waals surface area contributed by atoms with Gasteiger partial charge in [0.2, 0.25) is 0 Å². The molecular weight excluding hydrogens is 434 g/mol. The number of aliphatic hydroxyl groups excluding tert-OH is 1. The number of para-hydroxylation sites is 1. The molecule has 34 heavy (non-hydrogen) atoms. The lowest BCUT2D eigenvalue weighted by Crippen LogP contribution is -2.04. The largest absolute Gasteiger partial charge is 0.478 e. The van der Waals surface area contributed by atoms with E-state index in [1.807, 2.05) is 13.0 Å². The molecular formula is C27H45NO6. The van der Waals surface area contributed by atoms with Gasteiger partial charge in [-0.05, 0) is 38.3 Å². The first kappa shape index (κ1) is 35.7. The average molecular weight is 480 g/mol. The molecule has 0 amide bonds. The number of benzene rings is 1. The number of hydrogen-bond acceptors (Lipinski definition) is 6. The summed E-state index contributed by atoms with van der Waals surface area (Å²) in [7, 11) is 1.33. The molecule has 7 nitrogen and oxygen atoms in total. The lowest BCUT2D eigenvalue weighted by molar-refractivity contribution is -0.131. The van der Waals surface area contributed by atoms with Crippen LogP contribution in [0.15, 0.2) is 48.6 Å². The molecule has 194 valence electrons. The molecule has 0 heterocycles. The molecule has 0 aliphatic carbocycles. The Kier molecular flexibility index (Phi) is 29.5. The van der Waals surface area contributed by atoms with E-state index in [2.05, 4.69) is 18.6 Å². The van der Waals surface area contributed by atoms with Crippen molar-refractivity contribution in [2.45, 2.75) is 79.1 Å². The molecule has 0 aliphatic rings. The van der Waals surface area contributed by atoms with Crippen molar-refractivity contribution in [1.29, 1.82) is 0 Å². The van der Waals surface area contributed by atoms with Gasteiger partial charge < -0.3 is 25.5 Å². The summed E-state index contributed by atoms with van der Waals surface area (Å²) in [6, 6.07) is 6.79. The Bertz CT molecular complexity index is 698. The van der Waals surface area contributed by atoms with Crippen LogP contribution < -0.4 is 5.73 Å². The van der Waals surface area contributed by atoms with E-state index < -0.39 is 11.9 Å². The van der Waals surface area contributed by atoms with Crippen molar-refractivity contribution in [3.05, 3.63) is 54.1 Å². The molecule has 7 heteroatoms. The molecule has 1 aromatic rings. The van der Waals surface area contributed by atoms with E-state index in [0.717, 1.165) is 38.5 Å². The third kappa shape index (κ3) is 29.1. The van der Waals surface area contributed by atoms with Crippen LogP contribution in [0.25, 0.3) is 0 Å². The maximum absolute atomic E-state index is 10.9. The lowest BCUT2D eigenvalue weighted by Gasteiger charge is -2.00. The van der Waals surface area contributed by atoms with Gasteiger partial charge in [-0.25, -0.2) is 9.59 Å². The van der Waals surface area contributed by atoms with Gasteiger partial charge in [0.05, 0.1) is 19.3 Å². The monoisotopic (exact) mass is 479 g/mol. The fourth-order valence-corrected chi connectivity index (χ4v) is 2.13. The average Bonchev–Trinajstić information content (AvgIpc) is 2.80. The fraction of sp³-hybridized carbons (Fsp3) is 0.519. The van der Waals surface area contributed by atoms with E-state index in [4.69, 9.17) is 15.9 Å². The van der Waals surface area contributed by atoms with Crippen molar-refractivity contribution >= 4 is 23.4 Å². The van der Waals surface area contributed by atoms with Crippen LogP contribution in [0.5, 0.6) is 0 Å². The number of methoxy groups -OCH3 is 1. The van der Waals surface area contributed by atoms with Gasteiger partial charge in [0, 0.05) is 18.2 Å². The number of hydrogen-bond donors (Lipinski definition) is 3. The summed E-state index contributed by atoms with van der Waals surface area (Å²) in [5.74, 6) is -0.944. The molecule has 0 unspecified atom stereocenters. The topological polar surface area (TPSA) is 127 Å². The maximum atomic E-state index is 10.9. The summed E-state index contributed by atoms with van der Waals surface area (Å²) in [5.41, 5.74) is 6.35. The van der Waals surface area contributed by atoms with E-state index >= 15 is 0 Å². The van der Waals surface area contributed by atoms with Crippen molar-refractivity contribution in [1.82, 2.24) is 0 Å². The minimum Gasteiger partial charge on any atom is -0.478 e. The predicted octanol–water partition coefficient (Wildman–Crippen LogP) is 5.97. The first-order valence-electron chi connectivity index (χ1n) is 11.8. The number of unbranched alkanes of at least 4 members (excludes halogenated alkanes) is 4. The van der Waals surface area contributed by atoms with E-state index in [-0.39, 0.29) is 6.61 Å². The number of carbonyl (C=O) groups excluding carboxylic acids is 2. The SMILES string of the molecule is CCCC=CC(=O)O.CCCC=CCO.CCCCCC(C)=O.COC(=O)c1ccccc1N. The Hall–Kier alpha value is -2.93. The van der Waals surface area contributed by atoms with E-state index in [1.165, 1.54) is 26.0 Å². The van der Waals surface area contributed by atoms with Crippen molar-refractivity contribution in [2.24, 2.45) is 0 Å². The van der Waals surface area contributed by atoms with Crippen LogP contribution in [-0.2, 0) is 14.3 Å². The van der Waals surface area contributed by atoms with Gasteiger partial charge in [-0.3, -0.25) is 0 Å². The molecule has 0 atom stereocenters. The summed E-state index contributed by atoms with van der Waals surface area (Å²) in [5, 5.41) is 16.3. The van der Waals surface area contributed by atoms with Gasteiger partial charge in [0.25, 0.3) is 0 Å². The highest BCUT2D eigenvalue weighted by Crippen LogP contribution is 2.10. The number of aliphatic hydroxyl groups is 1. The Morgan fingerprint density at radius 1 is 0.941 bits per heavy atom. The zero-order chi connectivity index (χ0) is 26.6. The van der Waals surface area contributed by atoms with Crippen molar-refractivity contribution in [3.8, 4) is 0 Å². The molecule has 0 radical (unpaired) electrons. The van der Waals surface area contributed by atoms with Crippen LogP contribution >= 0.6 is 0 Å². The summed E-state index contributed by atoms with van der Waals surface area (Å²) < 4.78 is 4.50. The van der Waals surface area contributed by atoms with Crippen LogP contribution in [-0.4, -0.2) is 41.7 Å². The fourth-order valence-electron chi connectivity index (χ4n) is 2.13. The molecule has 1 aromatic carbocycles. The molecule has 0 spiro atoms. The zero-order valence-corrected chi connectivity index (χ0v) is 21.6. The third-order valence-electron chi connectivity index (χ3n) is 3.94. The number of aliphatic carboxylic acids is 1. The minimum absolute atomic E-state index is 0.181. The number of carboxylic acid groups (broad SMARTS) is 1. The number of ether oxygens (including phenoxy) is 1. The van der Waals surface area contributed by atoms with Crippen molar-refractivity contribution in [3.63, 3.8) is 0 Å². The van der Waals surface area contributed by atoms with Crippen LogP contribution in [0, 0.1) is 0 Å². The predicted molar refractivity (Wildman–Crippen MR) is 140 cm³/mol.